The topological polar surface area (TPSA) is 47.8 Å². The molecule has 0 aliphatic rings. The van der Waals surface area contributed by atoms with E-state index >= 15 is 0 Å². The van der Waals surface area contributed by atoms with Gasteiger partial charge in [-0.05, 0) is 31.2 Å². The predicted octanol–water partition coefficient (Wildman–Crippen LogP) is 3.75. The number of benzene rings is 1. The molecule has 22 heavy (non-hydrogen) atoms. The summed E-state index contributed by atoms with van der Waals surface area (Å²) in [5.41, 5.74) is 0.751. The second-order valence-corrected chi connectivity index (χ2v) is 5.66. The normalized spacial score (nSPS) is 11.1. The lowest BCUT2D eigenvalue weighted by molar-refractivity contribution is 0.631. The molecule has 0 saturated heterocycles. The number of hydrogen-bond donors (Lipinski definition) is 0. The zero-order valence-electron chi connectivity index (χ0n) is 11.7. The van der Waals surface area contributed by atoms with E-state index in [9.17, 15) is 9.18 Å². The third-order valence-electron chi connectivity index (χ3n) is 3.45. The van der Waals surface area contributed by atoms with Crippen molar-refractivity contribution in [3.8, 4) is 11.1 Å². The number of pyridine rings is 1. The van der Waals surface area contributed by atoms with Crippen LogP contribution < -0.4 is 5.56 Å². The highest BCUT2D eigenvalue weighted by Crippen LogP contribution is 2.31. The van der Waals surface area contributed by atoms with E-state index in [4.69, 9.17) is 23.2 Å². The Kier molecular flexibility index (Phi) is 3.62. The second-order valence-electron chi connectivity index (χ2n) is 4.84. The molecule has 3 rings (SSSR count). The molecule has 3 aromatic rings. The average molecular weight is 338 g/mol. The van der Waals surface area contributed by atoms with Crippen molar-refractivity contribution in [3.05, 3.63) is 56.4 Å². The zero-order chi connectivity index (χ0) is 16.0. The molecule has 1 aromatic carbocycles. The number of aryl methyl sites for hydroxylation is 1. The molecular formula is C15H10Cl2FN3O. The fourth-order valence-electron chi connectivity index (χ4n) is 2.23. The first-order valence-electron chi connectivity index (χ1n) is 6.38. The monoisotopic (exact) mass is 337 g/mol. The largest absolute Gasteiger partial charge is 0.298 e. The van der Waals surface area contributed by atoms with E-state index in [0.29, 0.717) is 16.9 Å². The van der Waals surface area contributed by atoms with E-state index in [2.05, 4.69) is 9.97 Å². The van der Waals surface area contributed by atoms with Gasteiger partial charge in [0.1, 0.15) is 22.3 Å². The molecule has 2 aromatic heterocycles. The summed E-state index contributed by atoms with van der Waals surface area (Å²) in [6.07, 6.45) is 0. The first kappa shape index (κ1) is 14.9. The molecule has 0 bridgehead atoms. The Morgan fingerprint density at radius 1 is 1.09 bits per heavy atom. The molecule has 4 nitrogen and oxygen atoms in total. The summed E-state index contributed by atoms with van der Waals surface area (Å²) < 4.78 is 15.6. The first-order valence-corrected chi connectivity index (χ1v) is 7.13. The van der Waals surface area contributed by atoms with Gasteiger partial charge in [0.2, 0.25) is 0 Å². The van der Waals surface area contributed by atoms with Crippen molar-refractivity contribution in [3.63, 3.8) is 0 Å². The molecule has 0 spiro atoms. The van der Waals surface area contributed by atoms with Gasteiger partial charge in [0.05, 0.1) is 0 Å². The third kappa shape index (κ3) is 2.36. The molecule has 7 heteroatoms. The Morgan fingerprint density at radius 2 is 1.82 bits per heavy atom. The van der Waals surface area contributed by atoms with Gasteiger partial charge in [0, 0.05) is 23.2 Å². The average Bonchev–Trinajstić information content (AvgIpc) is 2.46. The van der Waals surface area contributed by atoms with Crippen molar-refractivity contribution < 1.29 is 4.39 Å². The van der Waals surface area contributed by atoms with Crippen molar-refractivity contribution in [1.82, 2.24) is 14.5 Å². The van der Waals surface area contributed by atoms with Crippen LogP contribution in [0.4, 0.5) is 4.39 Å². The van der Waals surface area contributed by atoms with Gasteiger partial charge < -0.3 is 0 Å². The van der Waals surface area contributed by atoms with Crippen LogP contribution in [0.15, 0.2) is 29.1 Å². The molecule has 0 fully saturated rings. The van der Waals surface area contributed by atoms with E-state index in [1.54, 1.807) is 20.0 Å². The van der Waals surface area contributed by atoms with Gasteiger partial charge in [-0.2, -0.15) is 0 Å². The van der Waals surface area contributed by atoms with Gasteiger partial charge >= 0.3 is 0 Å². The number of fused-ring (bicyclic) bond motifs is 1. The summed E-state index contributed by atoms with van der Waals surface area (Å²) >= 11 is 11.8. The van der Waals surface area contributed by atoms with Gasteiger partial charge in [-0.1, -0.05) is 23.2 Å². The lowest BCUT2D eigenvalue weighted by Gasteiger charge is -2.10. The minimum absolute atomic E-state index is 0.0969. The van der Waals surface area contributed by atoms with Crippen LogP contribution in [0.25, 0.3) is 22.2 Å². The lowest BCUT2D eigenvalue weighted by atomic mass is 10.0. The van der Waals surface area contributed by atoms with Crippen molar-refractivity contribution in [2.45, 2.75) is 6.92 Å². The molecule has 0 amide bonds. The first-order chi connectivity index (χ1) is 10.4. The quantitative estimate of drug-likeness (QED) is 0.635. The maximum Gasteiger partial charge on any atom is 0.279 e. The summed E-state index contributed by atoms with van der Waals surface area (Å²) in [4.78, 5) is 20.7. The van der Waals surface area contributed by atoms with Gasteiger partial charge in [-0.3, -0.25) is 9.36 Å². The van der Waals surface area contributed by atoms with Crippen LogP contribution in [0.5, 0.6) is 0 Å². The minimum atomic E-state index is -0.517. The predicted molar refractivity (Wildman–Crippen MR) is 84.9 cm³/mol. The smallest absolute Gasteiger partial charge is 0.279 e. The van der Waals surface area contributed by atoms with Gasteiger partial charge in [0.25, 0.3) is 5.56 Å². The molecule has 2 heterocycles. The van der Waals surface area contributed by atoms with Crippen LogP contribution in [0.1, 0.15) is 5.82 Å². The highest BCUT2D eigenvalue weighted by Gasteiger charge is 2.16. The Morgan fingerprint density at radius 3 is 2.50 bits per heavy atom. The lowest BCUT2D eigenvalue weighted by Crippen LogP contribution is -2.21. The van der Waals surface area contributed by atoms with Crippen molar-refractivity contribution in [2.24, 2.45) is 7.05 Å². The second kappa shape index (κ2) is 5.34. The van der Waals surface area contributed by atoms with Crippen molar-refractivity contribution in [1.29, 1.82) is 0 Å². The highest BCUT2D eigenvalue weighted by molar-refractivity contribution is 6.31. The van der Waals surface area contributed by atoms with Crippen LogP contribution in [0, 0.1) is 12.7 Å². The molecule has 0 aliphatic heterocycles. The highest BCUT2D eigenvalue weighted by atomic mass is 35.5. The zero-order valence-corrected chi connectivity index (χ0v) is 13.2. The van der Waals surface area contributed by atoms with Crippen LogP contribution in [-0.2, 0) is 7.05 Å². The fraction of sp³-hybridized carbons (Fsp3) is 0.133. The van der Waals surface area contributed by atoms with Crippen LogP contribution >= 0.6 is 23.2 Å². The third-order valence-corrected chi connectivity index (χ3v) is 3.88. The van der Waals surface area contributed by atoms with E-state index in [0.717, 1.165) is 0 Å². The molecule has 0 saturated carbocycles. The molecular weight excluding hydrogens is 328 g/mol. The van der Waals surface area contributed by atoms with E-state index in [-0.39, 0.29) is 26.8 Å². The Labute approximate surface area is 135 Å². The summed E-state index contributed by atoms with van der Waals surface area (Å²) in [6.45, 7) is 1.69. The van der Waals surface area contributed by atoms with Crippen LogP contribution in [0.3, 0.4) is 0 Å². The summed E-state index contributed by atoms with van der Waals surface area (Å²) in [5.74, 6) is -0.0200. The van der Waals surface area contributed by atoms with Crippen LogP contribution in [-0.4, -0.2) is 14.5 Å². The minimum Gasteiger partial charge on any atom is -0.298 e. The number of nitrogens with zero attached hydrogens (tertiary/aromatic N) is 3. The van der Waals surface area contributed by atoms with Gasteiger partial charge in [0.15, 0.2) is 5.52 Å². The van der Waals surface area contributed by atoms with E-state index in [1.807, 2.05) is 0 Å². The Hall–Kier alpha value is -1.98. The molecule has 112 valence electrons. The Bertz CT molecular complexity index is 969. The van der Waals surface area contributed by atoms with E-state index < -0.39 is 5.82 Å². The van der Waals surface area contributed by atoms with Gasteiger partial charge in [-0.15, -0.1) is 0 Å². The van der Waals surface area contributed by atoms with Crippen molar-refractivity contribution in [2.75, 3.05) is 0 Å². The maximum atomic E-state index is 14.2. The molecule has 0 radical (unpaired) electrons. The van der Waals surface area contributed by atoms with Crippen LogP contribution in [0.2, 0.25) is 10.2 Å². The number of rotatable bonds is 1. The summed E-state index contributed by atoms with van der Waals surface area (Å²) in [5, 5.41) is 0.380. The molecule has 0 atom stereocenters. The molecule has 0 unspecified atom stereocenters. The number of halogens is 3. The maximum absolute atomic E-state index is 14.2. The SMILES string of the molecule is Cc1nc2c(-c3ccc(Cl)cc3F)cc(Cl)nc2c(=O)n1C. The number of hydrogen-bond acceptors (Lipinski definition) is 3. The number of aromatic nitrogens is 3. The molecule has 0 aliphatic carbocycles. The Balaban J connectivity index is 2.46. The van der Waals surface area contributed by atoms with Crippen molar-refractivity contribution >= 4 is 34.2 Å². The summed E-state index contributed by atoms with van der Waals surface area (Å²) in [7, 11) is 1.59. The summed E-state index contributed by atoms with van der Waals surface area (Å²) in [6, 6.07) is 5.78. The van der Waals surface area contributed by atoms with Gasteiger partial charge in [-0.25, -0.2) is 14.4 Å². The fourth-order valence-corrected chi connectivity index (χ4v) is 2.58. The van der Waals surface area contributed by atoms with E-state index in [1.165, 1.54) is 22.8 Å². The standard InChI is InChI=1S/C15H10Cl2FN3O/c1-7-19-13-10(9-4-3-8(16)5-11(9)18)6-12(17)20-14(13)15(22)21(7)2/h3-6H,1-2H3. The molecule has 0 N–H and O–H groups in total.